The van der Waals surface area contributed by atoms with Crippen molar-refractivity contribution in [1.29, 1.82) is 0 Å². The Balaban J connectivity index is 2.11. The molecule has 0 radical (unpaired) electrons. The van der Waals surface area contributed by atoms with Crippen molar-refractivity contribution in [3.63, 3.8) is 0 Å². The monoisotopic (exact) mass is 313 g/mol. The molecule has 8 heteroatoms. The summed E-state index contributed by atoms with van der Waals surface area (Å²) < 4.78 is 0. The lowest BCUT2D eigenvalue weighted by Gasteiger charge is -2.31. The topological polar surface area (TPSA) is 124 Å². The van der Waals surface area contributed by atoms with E-state index in [4.69, 9.17) is 5.73 Å². The first-order chi connectivity index (χ1) is 10.3. The predicted octanol–water partition coefficient (Wildman–Crippen LogP) is -1.24. The molecular formula is C14H23N3O5. The minimum Gasteiger partial charge on any atom is -0.480 e. The highest BCUT2D eigenvalue weighted by atomic mass is 16.4. The van der Waals surface area contributed by atoms with E-state index >= 15 is 0 Å². The van der Waals surface area contributed by atoms with Crippen LogP contribution in [0.1, 0.15) is 32.6 Å². The molecule has 2 heterocycles. The van der Waals surface area contributed by atoms with Crippen LogP contribution in [0.4, 0.5) is 0 Å². The van der Waals surface area contributed by atoms with E-state index in [-0.39, 0.29) is 5.91 Å². The van der Waals surface area contributed by atoms with E-state index in [9.17, 15) is 24.6 Å². The average molecular weight is 313 g/mol. The van der Waals surface area contributed by atoms with Crippen LogP contribution in [0.3, 0.4) is 0 Å². The lowest BCUT2D eigenvalue weighted by Crippen LogP contribution is -2.55. The van der Waals surface area contributed by atoms with Gasteiger partial charge in [-0.3, -0.25) is 9.59 Å². The molecule has 2 aliphatic heterocycles. The van der Waals surface area contributed by atoms with Gasteiger partial charge in [-0.05, 0) is 32.6 Å². The zero-order chi connectivity index (χ0) is 16.4. The van der Waals surface area contributed by atoms with Crippen LogP contribution >= 0.6 is 0 Å². The van der Waals surface area contributed by atoms with Crippen molar-refractivity contribution in [3.8, 4) is 0 Å². The third-order valence-corrected chi connectivity index (χ3v) is 4.45. The Labute approximate surface area is 128 Å². The summed E-state index contributed by atoms with van der Waals surface area (Å²) in [7, 11) is 0. The first-order valence-electron chi connectivity index (χ1n) is 7.62. The molecule has 4 unspecified atom stereocenters. The van der Waals surface area contributed by atoms with E-state index in [1.165, 1.54) is 16.7 Å². The number of rotatable bonds is 4. The molecule has 0 aromatic heterocycles. The number of carboxylic acids is 1. The maximum atomic E-state index is 12.6. The number of carboxylic acid groups (broad SMARTS) is 1. The lowest BCUT2D eigenvalue weighted by molar-refractivity contribution is -0.152. The molecule has 0 aromatic rings. The molecule has 4 atom stereocenters. The average Bonchev–Trinajstić information content (AvgIpc) is 3.13. The molecule has 0 aliphatic carbocycles. The number of likely N-dealkylation sites (tertiary alicyclic amines) is 2. The maximum absolute atomic E-state index is 12.6. The summed E-state index contributed by atoms with van der Waals surface area (Å²) in [6.07, 6.45) is 1.26. The molecule has 22 heavy (non-hydrogen) atoms. The molecule has 2 saturated heterocycles. The zero-order valence-electron chi connectivity index (χ0n) is 12.6. The highest BCUT2D eigenvalue weighted by molar-refractivity contribution is 5.92. The largest absolute Gasteiger partial charge is 0.480 e. The van der Waals surface area contributed by atoms with Gasteiger partial charge >= 0.3 is 5.97 Å². The summed E-state index contributed by atoms with van der Waals surface area (Å²) in [4.78, 5) is 38.9. The van der Waals surface area contributed by atoms with Crippen molar-refractivity contribution in [3.05, 3.63) is 0 Å². The van der Waals surface area contributed by atoms with Crippen molar-refractivity contribution in [1.82, 2.24) is 9.80 Å². The van der Waals surface area contributed by atoms with Crippen molar-refractivity contribution < 1.29 is 24.6 Å². The number of aliphatic hydroxyl groups is 1. The SMILES string of the molecule is CC(O)C(N)C(=O)N1CCCC1C(=O)N1CCCC1C(=O)O. The highest BCUT2D eigenvalue weighted by Gasteiger charge is 2.43. The second-order valence-electron chi connectivity index (χ2n) is 5.98. The zero-order valence-corrected chi connectivity index (χ0v) is 12.6. The molecule has 4 N–H and O–H groups in total. The normalized spacial score (nSPS) is 27.8. The molecule has 8 nitrogen and oxygen atoms in total. The number of aliphatic carboxylic acids is 1. The second kappa shape index (κ2) is 6.62. The number of nitrogens with two attached hydrogens (primary N) is 1. The Hall–Kier alpha value is -1.67. The van der Waals surface area contributed by atoms with E-state index in [2.05, 4.69) is 0 Å². The number of carbonyl (C=O) groups is 3. The van der Waals surface area contributed by atoms with Crippen LogP contribution in [-0.4, -0.2) is 75.1 Å². The number of hydrogen-bond donors (Lipinski definition) is 3. The van der Waals surface area contributed by atoms with E-state index < -0.39 is 36.1 Å². The number of nitrogens with zero attached hydrogens (tertiary/aromatic N) is 2. The van der Waals surface area contributed by atoms with E-state index in [0.29, 0.717) is 38.8 Å². The van der Waals surface area contributed by atoms with Crippen molar-refractivity contribution in [2.24, 2.45) is 5.73 Å². The van der Waals surface area contributed by atoms with Crippen LogP contribution in [0.25, 0.3) is 0 Å². The minimum atomic E-state index is -1.07. The van der Waals surface area contributed by atoms with Gasteiger partial charge in [0.25, 0.3) is 0 Å². The summed E-state index contributed by atoms with van der Waals surface area (Å²) in [6, 6.07) is -2.55. The first-order valence-corrected chi connectivity index (χ1v) is 7.62. The Morgan fingerprint density at radius 2 is 1.64 bits per heavy atom. The first kappa shape index (κ1) is 16.7. The van der Waals surface area contributed by atoms with Gasteiger partial charge in [0, 0.05) is 13.1 Å². The van der Waals surface area contributed by atoms with Crippen LogP contribution in [0.15, 0.2) is 0 Å². The summed E-state index contributed by atoms with van der Waals surface area (Å²) in [5.41, 5.74) is 5.67. The molecule has 0 spiro atoms. The van der Waals surface area contributed by atoms with Gasteiger partial charge in [0.2, 0.25) is 11.8 Å². The van der Waals surface area contributed by atoms with Gasteiger partial charge in [-0.15, -0.1) is 0 Å². The summed E-state index contributed by atoms with van der Waals surface area (Å²) in [5.74, 6) is -1.80. The van der Waals surface area contributed by atoms with Crippen LogP contribution in [0.5, 0.6) is 0 Å². The van der Waals surface area contributed by atoms with Crippen LogP contribution in [0.2, 0.25) is 0 Å². The predicted molar refractivity (Wildman–Crippen MR) is 76.8 cm³/mol. The van der Waals surface area contributed by atoms with Crippen molar-refractivity contribution >= 4 is 17.8 Å². The summed E-state index contributed by atoms with van der Waals surface area (Å²) in [5, 5.41) is 18.6. The Kier molecular flexibility index (Phi) is 5.02. The molecule has 0 bridgehead atoms. The van der Waals surface area contributed by atoms with Gasteiger partial charge in [-0.1, -0.05) is 0 Å². The van der Waals surface area contributed by atoms with E-state index in [1.807, 2.05) is 0 Å². The summed E-state index contributed by atoms with van der Waals surface area (Å²) >= 11 is 0. The van der Waals surface area contributed by atoms with E-state index in [0.717, 1.165) is 0 Å². The van der Waals surface area contributed by atoms with Gasteiger partial charge in [0.1, 0.15) is 18.1 Å². The molecule has 124 valence electrons. The second-order valence-corrected chi connectivity index (χ2v) is 5.98. The Morgan fingerprint density at radius 3 is 2.18 bits per heavy atom. The van der Waals surface area contributed by atoms with Gasteiger partial charge in [-0.25, -0.2) is 4.79 Å². The molecule has 0 saturated carbocycles. The molecular weight excluding hydrogens is 290 g/mol. The fraction of sp³-hybridized carbons (Fsp3) is 0.786. The van der Waals surface area contributed by atoms with Crippen LogP contribution in [0, 0.1) is 0 Å². The van der Waals surface area contributed by atoms with Gasteiger partial charge < -0.3 is 25.7 Å². The van der Waals surface area contributed by atoms with Gasteiger partial charge in [0.05, 0.1) is 6.10 Å². The number of aliphatic hydroxyl groups excluding tert-OH is 1. The smallest absolute Gasteiger partial charge is 0.326 e. The van der Waals surface area contributed by atoms with Gasteiger partial charge in [0.15, 0.2) is 0 Å². The van der Waals surface area contributed by atoms with E-state index in [1.54, 1.807) is 0 Å². The minimum absolute atomic E-state index is 0.325. The summed E-state index contributed by atoms with van der Waals surface area (Å²) in [6.45, 7) is 2.23. The molecule has 2 fully saturated rings. The van der Waals surface area contributed by atoms with Crippen LogP contribution < -0.4 is 5.73 Å². The highest BCUT2D eigenvalue weighted by Crippen LogP contribution is 2.25. The standard InChI is InChI=1S/C14H23N3O5/c1-8(18)11(15)13(20)16-6-2-4-9(16)12(19)17-7-3-5-10(17)14(21)22/h8-11,18H,2-7,15H2,1H3,(H,21,22). The van der Waals surface area contributed by atoms with Crippen molar-refractivity contribution in [2.45, 2.75) is 56.8 Å². The third kappa shape index (κ3) is 3.07. The number of hydrogen-bond acceptors (Lipinski definition) is 5. The third-order valence-electron chi connectivity index (χ3n) is 4.45. The van der Waals surface area contributed by atoms with Crippen molar-refractivity contribution in [2.75, 3.05) is 13.1 Å². The fourth-order valence-electron chi connectivity index (χ4n) is 3.16. The molecule has 0 aromatic carbocycles. The number of carbonyl (C=O) groups excluding carboxylic acids is 2. The Morgan fingerprint density at radius 1 is 1.09 bits per heavy atom. The fourth-order valence-corrected chi connectivity index (χ4v) is 3.16. The van der Waals surface area contributed by atoms with Gasteiger partial charge in [-0.2, -0.15) is 0 Å². The quantitative estimate of drug-likeness (QED) is 0.596. The lowest BCUT2D eigenvalue weighted by atomic mass is 10.1. The maximum Gasteiger partial charge on any atom is 0.326 e. The van der Waals surface area contributed by atoms with Crippen LogP contribution in [-0.2, 0) is 14.4 Å². The molecule has 2 rings (SSSR count). The number of amides is 2. The Bertz CT molecular complexity index is 467. The molecule has 2 amide bonds. The molecule has 2 aliphatic rings.